The normalized spacial score (nSPS) is 13.7. The van der Waals surface area contributed by atoms with Crippen molar-refractivity contribution in [1.29, 1.82) is 0 Å². The largest absolute Gasteiger partial charge is 1.00 e. The first kappa shape index (κ1) is 25.7. The van der Waals surface area contributed by atoms with E-state index in [1.807, 2.05) is 0 Å². The fourth-order valence-electron chi connectivity index (χ4n) is 2.23. The summed E-state index contributed by atoms with van der Waals surface area (Å²) in [5.41, 5.74) is 0.253. The molecule has 2 aromatic rings. The van der Waals surface area contributed by atoms with Crippen molar-refractivity contribution in [2.24, 2.45) is 5.90 Å². The maximum absolute atomic E-state index is 12.5. The Morgan fingerprint density at radius 2 is 1.59 bits per heavy atom. The quantitative estimate of drug-likeness (QED) is 0.220. The van der Waals surface area contributed by atoms with E-state index in [9.17, 15) is 21.4 Å². The van der Waals surface area contributed by atoms with Crippen LogP contribution in [0.4, 0.5) is 0 Å². The van der Waals surface area contributed by atoms with Gasteiger partial charge in [0.1, 0.15) is 16.2 Å². The molecule has 2 aromatic carbocycles. The van der Waals surface area contributed by atoms with Crippen molar-refractivity contribution in [3.8, 4) is 0 Å². The van der Waals surface area contributed by atoms with Gasteiger partial charge in [0, 0.05) is 5.56 Å². The summed E-state index contributed by atoms with van der Waals surface area (Å²) in [6, 6.07) is 11.0. The van der Waals surface area contributed by atoms with Crippen LogP contribution in [-0.2, 0) is 24.8 Å². The summed E-state index contributed by atoms with van der Waals surface area (Å²) in [5.74, 6) is 5.32. The molecular weight excluding hydrogens is 605 g/mol. The summed E-state index contributed by atoms with van der Waals surface area (Å²) in [5, 5.41) is 0. The summed E-state index contributed by atoms with van der Waals surface area (Å²) >= 11 is 8.90. The Morgan fingerprint density at radius 1 is 1.00 bits per heavy atom. The van der Waals surface area contributed by atoms with Crippen LogP contribution in [0.15, 0.2) is 58.3 Å². The molecule has 0 aliphatic carbocycles. The monoisotopic (exact) mass is 613 g/mol. The molecule has 0 amide bonds. The second-order valence-electron chi connectivity index (χ2n) is 5.03. The molecule has 0 saturated heterocycles. The number of alkyl halides is 3. The summed E-state index contributed by atoms with van der Waals surface area (Å²) in [7, 11) is -8.67. The van der Waals surface area contributed by atoms with Gasteiger partial charge in [0.25, 0.3) is 0 Å². The number of halogens is 3. The van der Waals surface area contributed by atoms with Gasteiger partial charge in [-0.15, -0.1) is 0 Å². The van der Waals surface area contributed by atoms with Gasteiger partial charge in [-0.25, -0.2) is 22.7 Å². The average molecular weight is 616 g/mol. The Kier molecular flexibility index (Phi) is 9.18. The van der Waals surface area contributed by atoms with Crippen LogP contribution in [-0.4, -0.2) is 22.9 Å². The van der Waals surface area contributed by atoms with Gasteiger partial charge in [0.05, 0.1) is 9.79 Å². The van der Waals surface area contributed by atoms with Gasteiger partial charge in [-0.05, 0) is 71.6 Å². The van der Waals surface area contributed by atoms with E-state index in [0.29, 0.717) is 0 Å². The van der Waals surface area contributed by atoms with Crippen molar-refractivity contribution < 1.29 is 55.8 Å². The molecule has 7 nitrogen and oxygen atoms in total. The van der Waals surface area contributed by atoms with Crippen LogP contribution in [0.5, 0.6) is 0 Å². The summed E-state index contributed by atoms with van der Waals surface area (Å²) in [6.07, 6.45) is -1.17. The van der Waals surface area contributed by atoms with Crippen molar-refractivity contribution in [1.82, 2.24) is 0 Å². The molecule has 0 spiro atoms. The molecule has 0 radical (unpaired) electrons. The van der Waals surface area contributed by atoms with Gasteiger partial charge in [0.2, 0.25) is 11.3 Å². The number of hydrogen-bond acceptors (Lipinski definition) is 7. The van der Waals surface area contributed by atoms with E-state index in [1.165, 1.54) is 42.5 Å². The Bertz CT molecular complexity index is 1030. The van der Waals surface area contributed by atoms with Crippen LogP contribution in [0, 0.1) is 0 Å². The van der Waals surface area contributed by atoms with Crippen molar-refractivity contribution in [3.63, 3.8) is 0 Å². The van der Waals surface area contributed by atoms with E-state index < -0.39 is 32.4 Å². The van der Waals surface area contributed by atoms with Gasteiger partial charge in [-0.1, -0.05) is 30.3 Å². The first-order valence-electron chi connectivity index (χ1n) is 6.71. The van der Waals surface area contributed by atoms with Crippen LogP contribution in [0.2, 0.25) is 0 Å². The van der Waals surface area contributed by atoms with E-state index in [4.69, 9.17) is 10.7 Å². The van der Waals surface area contributed by atoms with E-state index in [1.54, 1.807) is 0 Å². The minimum absolute atomic E-state index is 0. The molecule has 1 unspecified atom stereocenters. The maximum atomic E-state index is 12.5. The second-order valence-corrected chi connectivity index (χ2v) is 16.8. The fourth-order valence-corrected chi connectivity index (χ4v) is 5.44. The summed E-state index contributed by atoms with van der Waals surface area (Å²) in [6.45, 7) is 0. The Balaban J connectivity index is 0.00000364. The standard InChI is InChI=1S/C14H12Br3NO6S2.Na/c15-14(16,17)25(19,20)10-5-3-4-9(8-10)13(24-18)11-6-1-2-7-12(11)26(21,22)23;/h1-8,13H,18H2,(H,21,22,23);/q;+1/p-1. The topological polar surface area (TPSA) is 127 Å². The molecule has 2 rings (SSSR count). The van der Waals surface area contributed by atoms with Gasteiger partial charge in [-0.3, -0.25) is 4.84 Å². The molecule has 0 fully saturated rings. The fraction of sp³-hybridized carbons (Fsp3) is 0.143. The Morgan fingerprint density at radius 3 is 2.11 bits per heavy atom. The van der Waals surface area contributed by atoms with Crippen LogP contribution in [0.1, 0.15) is 17.2 Å². The zero-order valence-electron chi connectivity index (χ0n) is 13.7. The molecule has 27 heavy (non-hydrogen) atoms. The Labute approximate surface area is 204 Å². The third-order valence-corrected chi connectivity index (χ3v) is 9.61. The van der Waals surface area contributed by atoms with Gasteiger partial charge < -0.3 is 4.55 Å². The number of hydrogen-bond donors (Lipinski definition) is 1. The number of benzene rings is 2. The van der Waals surface area contributed by atoms with Crippen molar-refractivity contribution in [2.45, 2.75) is 17.4 Å². The molecule has 0 aromatic heterocycles. The Hall–Kier alpha value is 0.660. The van der Waals surface area contributed by atoms with Gasteiger partial charge in [0.15, 0.2) is 0 Å². The maximum Gasteiger partial charge on any atom is 1.00 e. The molecule has 0 saturated carbocycles. The predicted molar refractivity (Wildman–Crippen MR) is 105 cm³/mol. The van der Waals surface area contributed by atoms with Crippen molar-refractivity contribution in [3.05, 3.63) is 59.7 Å². The molecule has 0 bridgehead atoms. The first-order valence-corrected chi connectivity index (χ1v) is 12.0. The minimum Gasteiger partial charge on any atom is -0.744 e. The smallest absolute Gasteiger partial charge is 0.744 e. The molecule has 0 aliphatic rings. The van der Waals surface area contributed by atoms with Crippen molar-refractivity contribution >= 4 is 67.7 Å². The molecule has 142 valence electrons. The predicted octanol–water partition coefficient (Wildman–Crippen LogP) is 0.144. The molecule has 13 heteroatoms. The zero-order chi connectivity index (χ0) is 19.8. The molecular formula is C14H11Br3NNaO6S2. The summed E-state index contributed by atoms with van der Waals surface area (Å²) in [4.78, 5) is 4.29. The molecule has 2 N–H and O–H groups in total. The van der Waals surface area contributed by atoms with Crippen molar-refractivity contribution in [2.75, 3.05) is 0 Å². The van der Waals surface area contributed by atoms with E-state index >= 15 is 0 Å². The van der Waals surface area contributed by atoms with Crippen LogP contribution >= 0.6 is 47.8 Å². The van der Waals surface area contributed by atoms with Crippen LogP contribution < -0.4 is 35.5 Å². The zero-order valence-corrected chi connectivity index (χ0v) is 22.1. The van der Waals surface area contributed by atoms with Gasteiger partial charge >= 0.3 is 29.6 Å². The minimum atomic E-state index is -4.78. The SMILES string of the molecule is NOC(c1cccc(S(=O)(=O)C(Br)(Br)Br)c1)c1ccccc1S(=O)(=O)[O-].[Na+]. The van der Waals surface area contributed by atoms with Crippen LogP contribution in [0.25, 0.3) is 0 Å². The van der Waals surface area contributed by atoms with E-state index in [0.717, 1.165) is 6.07 Å². The van der Waals surface area contributed by atoms with Crippen LogP contribution in [0.3, 0.4) is 0 Å². The number of sulfone groups is 1. The second kappa shape index (κ2) is 9.65. The van der Waals surface area contributed by atoms with E-state index in [2.05, 4.69) is 47.8 Å². The molecule has 0 aliphatic heterocycles. The third kappa shape index (κ3) is 5.85. The average Bonchev–Trinajstić information content (AvgIpc) is 2.54. The summed E-state index contributed by atoms with van der Waals surface area (Å²) < 4.78 is 57.9. The molecule has 0 heterocycles. The molecule has 1 atom stereocenters. The first-order chi connectivity index (χ1) is 11.9. The number of nitrogens with two attached hydrogens (primary N) is 1. The number of rotatable bonds is 5. The van der Waals surface area contributed by atoms with E-state index in [-0.39, 0.29) is 45.6 Å². The third-order valence-electron chi connectivity index (χ3n) is 3.38. The van der Waals surface area contributed by atoms with Gasteiger partial charge in [-0.2, -0.15) is 0 Å².